The third-order valence-electron chi connectivity index (χ3n) is 2.74. The van der Waals surface area contributed by atoms with Gasteiger partial charge >= 0.3 is 0 Å². The fraction of sp³-hybridized carbons (Fsp3) is 0.200. The van der Waals surface area contributed by atoms with E-state index in [1.165, 1.54) is 0 Å². The number of hydrogen-bond donors (Lipinski definition) is 2. The molecule has 1 heterocycles. The van der Waals surface area contributed by atoms with Crippen LogP contribution in [0.5, 0.6) is 0 Å². The van der Waals surface area contributed by atoms with Gasteiger partial charge in [-0.25, -0.2) is 0 Å². The predicted octanol–water partition coefficient (Wildman–Crippen LogP) is 3.10. The van der Waals surface area contributed by atoms with Crippen molar-refractivity contribution in [1.82, 2.24) is 10.3 Å². The van der Waals surface area contributed by atoms with Crippen molar-refractivity contribution in [2.45, 2.75) is 13.5 Å². The number of carbonyl (C=O) groups is 1. The molecule has 1 amide bonds. The summed E-state index contributed by atoms with van der Waals surface area (Å²) >= 11 is 5.81. The molecule has 2 N–H and O–H groups in total. The van der Waals surface area contributed by atoms with Crippen LogP contribution < -0.4 is 10.6 Å². The molecule has 0 aliphatic rings. The lowest BCUT2D eigenvalue weighted by atomic mass is 10.2. The minimum Gasteiger partial charge on any atom is -0.385 e. The van der Waals surface area contributed by atoms with E-state index in [2.05, 4.69) is 15.6 Å². The second-order valence-corrected chi connectivity index (χ2v) is 4.71. The molecule has 0 aliphatic carbocycles. The molecule has 0 aliphatic heterocycles. The summed E-state index contributed by atoms with van der Waals surface area (Å²) in [5, 5.41) is 6.66. The summed E-state index contributed by atoms with van der Waals surface area (Å²) in [6, 6.07) is 10.9. The third kappa shape index (κ3) is 3.96. The number of nitrogens with one attached hydrogen (secondary N) is 2. The lowest BCUT2D eigenvalue weighted by molar-refractivity contribution is 0.0946. The highest BCUT2D eigenvalue weighted by Crippen LogP contribution is 2.10. The van der Waals surface area contributed by atoms with Crippen molar-refractivity contribution in [2.75, 3.05) is 11.9 Å². The van der Waals surface area contributed by atoms with Crippen LogP contribution in [0.1, 0.15) is 23.0 Å². The van der Waals surface area contributed by atoms with Crippen molar-refractivity contribution in [1.29, 1.82) is 0 Å². The van der Waals surface area contributed by atoms with E-state index in [4.69, 9.17) is 11.6 Å². The standard InChI is InChI=1S/C15H16ClN3O/c1-2-17-13-7-8-18-14(9-13)15(20)19-10-11-3-5-12(16)6-4-11/h3-9H,2,10H2,1H3,(H,17,18)(H,19,20). The molecule has 0 spiro atoms. The molecule has 5 heteroatoms. The molecule has 0 radical (unpaired) electrons. The van der Waals surface area contributed by atoms with Gasteiger partial charge in [0.2, 0.25) is 0 Å². The van der Waals surface area contributed by atoms with Gasteiger partial charge in [-0.1, -0.05) is 23.7 Å². The first kappa shape index (κ1) is 14.3. The third-order valence-corrected chi connectivity index (χ3v) is 2.99. The zero-order chi connectivity index (χ0) is 14.4. The minimum absolute atomic E-state index is 0.195. The molecule has 2 rings (SSSR count). The summed E-state index contributed by atoms with van der Waals surface area (Å²) < 4.78 is 0. The van der Waals surface area contributed by atoms with Gasteiger partial charge in [-0.05, 0) is 36.8 Å². The van der Waals surface area contributed by atoms with Crippen molar-refractivity contribution < 1.29 is 4.79 Å². The molecule has 0 atom stereocenters. The smallest absolute Gasteiger partial charge is 0.270 e. The molecule has 0 saturated carbocycles. The number of aromatic nitrogens is 1. The van der Waals surface area contributed by atoms with Crippen molar-refractivity contribution in [2.24, 2.45) is 0 Å². The Balaban J connectivity index is 1.97. The van der Waals surface area contributed by atoms with Crippen molar-refractivity contribution in [3.63, 3.8) is 0 Å². The summed E-state index contributed by atoms with van der Waals surface area (Å²) in [6.45, 7) is 3.25. The van der Waals surface area contributed by atoms with Crippen LogP contribution in [0, 0.1) is 0 Å². The Morgan fingerprint density at radius 3 is 2.70 bits per heavy atom. The van der Waals surface area contributed by atoms with Crippen molar-refractivity contribution in [3.8, 4) is 0 Å². The molecule has 1 aromatic heterocycles. The SMILES string of the molecule is CCNc1ccnc(C(=O)NCc2ccc(Cl)cc2)c1. The predicted molar refractivity (Wildman–Crippen MR) is 81.0 cm³/mol. The lowest BCUT2D eigenvalue weighted by Gasteiger charge is -2.07. The number of nitrogens with zero attached hydrogens (tertiary/aromatic N) is 1. The van der Waals surface area contributed by atoms with Gasteiger partial charge in [0.25, 0.3) is 5.91 Å². The number of carbonyl (C=O) groups excluding carboxylic acids is 1. The zero-order valence-corrected chi connectivity index (χ0v) is 11.9. The summed E-state index contributed by atoms with van der Waals surface area (Å²) in [5.41, 5.74) is 2.28. The Morgan fingerprint density at radius 1 is 1.25 bits per heavy atom. The average molecular weight is 290 g/mol. The summed E-state index contributed by atoms with van der Waals surface area (Å²) in [4.78, 5) is 16.1. The van der Waals surface area contributed by atoms with Gasteiger partial charge in [0.15, 0.2) is 0 Å². The first-order valence-corrected chi connectivity index (χ1v) is 6.79. The lowest BCUT2D eigenvalue weighted by Crippen LogP contribution is -2.23. The van der Waals surface area contributed by atoms with Crippen LogP contribution in [-0.2, 0) is 6.54 Å². The number of pyridine rings is 1. The molecule has 104 valence electrons. The van der Waals surface area contributed by atoms with E-state index >= 15 is 0 Å². The quantitative estimate of drug-likeness (QED) is 0.889. The van der Waals surface area contributed by atoms with Gasteiger partial charge in [0, 0.05) is 30.0 Å². The number of anilines is 1. The van der Waals surface area contributed by atoms with Crippen LogP contribution in [0.3, 0.4) is 0 Å². The Kier molecular flexibility index (Phi) is 4.96. The average Bonchev–Trinajstić information content (AvgIpc) is 2.47. The highest BCUT2D eigenvalue weighted by Gasteiger charge is 2.07. The fourth-order valence-corrected chi connectivity index (χ4v) is 1.87. The van der Waals surface area contributed by atoms with Crippen LogP contribution in [-0.4, -0.2) is 17.4 Å². The van der Waals surface area contributed by atoms with Crippen molar-refractivity contribution in [3.05, 3.63) is 58.9 Å². The van der Waals surface area contributed by atoms with Crippen LogP contribution in [0.4, 0.5) is 5.69 Å². The van der Waals surface area contributed by atoms with Gasteiger partial charge in [-0.15, -0.1) is 0 Å². The molecular formula is C15H16ClN3O. The normalized spacial score (nSPS) is 10.1. The van der Waals surface area contributed by atoms with Crippen LogP contribution in [0.15, 0.2) is 42.6 Å². The first-order valence-electron chi connectivity index (χ1n) is 6.41. The van der Waals surface area contributed by atoms with Crippen LogP contribution >= 0.6 is 11.6 Å². The molecule has 0 saturated heterocycles. The summed E-state index contributed by atoms with van der Waals surface area (Å²) in [5.74, 6) is -0.195. The molecule has 0 unspecified atom stereocenters. The van der Waals surface area contributed by atoms with Crippen molar-refractivity contribution >= 4 is 23.2 Å². The zero-order valence-electron chi connectivity index (χ0n) is 11.2. The second-order valence-electron chi connectivity index (χ2n) is 4.27. The van der Waals surface area contributed by atoms with E-state index in [1.807, 2.05) is 25.1 Å². The van der Waals surface area contributed by atoms with Gasteiger partial charge in [0.05, 0.1) is 0 Å². The molecule has 20 heavy (non-hydrogen) atoms. The fourth-order valence-electron chi connectivity index (χ4n) is 1.74. The molecule has 2 aromatic rings. The molecule has 0 fully saturated rings. The number of rotatable bonds is 5. The van der Waals surface area contributed by atoms with Gasteiger partial charge in [0.1, 0.15) is 5.69 Å². The van der Waals surface area contributed by atoms with Crippen LogP contribution in [0.25, 0.3) is 0 Å². The Labute approximate surface area is 123 Å². The Morgan fingerprint density at radius 2 is 2.00 bits per heavy atom. The number of hydrogen-bond acceptors (Lipinski definition) is 3. The number of halogens is 1. The second kappa shape index (κ2) is 6.91. The van der Waals surface area contributed by atoms with E-state index in [1.54, 1.807) is 24.4 Å². The first-order chi connectivity index (χ1) is 9.69. The highest BCUT2D eigenvalue weighted by molar-refractivity contribution is 6.30. The van der Waals surface area contributed by atoms with Crippen LogP contribution in [0.2, 0.25) is 5.02 Å². The van der Waals surface area contributed by atoms with E-state index in [9.17, 15) is 4.79 Å². The monoisotopic (exact) mass is 289 g/mol. The maximum atomic E-state index is 12.0. The maximum absolute atomic E-state index is 12.0. The Bertz CT molecular complexity index is 584. The van der Waals surface area contributed by atoms with Gasteiger partial charge in [-0.2, -0.15) is 0 Å². The highest BCUT2D eigenvalue weighted by atomic mass is 35.5. The molecule has 4 nitrogen and oxygen atoms in total. The topological polar surface area (TPSA) is 54.0 Å². The van der Waals surface area contributed by atoms with E-state index in [-0.39, 0.29) is 5.91 Å². The summed E-state index contributed by atoms with van der Waals surface area (Å²) in [7, 11) is 0. The number of amides is 1. The Hall–Kier alpha value is -2.07. The van der Waals surface area contributed by atoms with Gasteiger partial charge < -0.3 is 10.6 Å². The maximum Gasteiger partial charge on any atom is 0.270 e. The largest absolute Gasteiger partial charge is 0.385 e. The van der Waals surface area contributed by atoms with E-state index in [0.29, 0.717) is 17.3 Å². The minimum atomic E-state index is -0.195. The molecule has 0 bridgehead atoms. The van der Waals surface area contributed by atoms with E-state index < -0.39 is 0 Å². The number of benzene rings is 1. The molecule has 1 aromatic carbocycles. The van der Waals surface area contributed by atoms with E-state index in [0.717, 1.165) is 17.8 Å². The molecular weight excluding hydrogens is 274 g/mol. The van der Waals surface area contributed by atoms with Gasteiger partial charge in [-0.3, -0.25) is 9.78 Å². The summed E-state index contributed by atoms with van der Waals surface area (Å²) in [6.07, 6.45) is 1.62.